The van der Waals surface area contributed by atoms with Crippen LogP contribution in [0.15, 0.2) is 23.3 Å². The van der Waals surface area contributed by atoms with Crippen molar-refractivity contribution in [3.8, 4) is 0 Å². The summed E-state index contributed by atoms with van der Waals surface area (Å²) in [5.41, 5.74) is 3.88. The highest BCUT2D eigenvalue weighted by molar-refractivity contribution is 7.80. The van der Waals surface area contributed by atoms with Gasteiger partial charge >= 0.3 is 0 Å². The average molecular weight is 478 g/mol. The number of nitrogens with one attached hydrogen (secondary N) is 3. The van der Waals surface area contributed by atoms with Crippen molar-refractivity contribution in [2.24, 2.45) is 22.3 Å². The first kappa shape index (κ1) is 23.3. The van der Waals surface area contributed by atoms with E-state index in [4.69, 9.17) is 18.1 Å². The quantitative estimate of drug-likeness (QED) is 0.123. The van der Waals surface area contributed by atoms with Crippen LogP contribution < -0.4 is 22.0 Å². The molecule has 1 aliphatic rings. The highest BCUT2D eigenvalue weighted by Crippen LogP contribution is 2.35. The fourth-order valence-corrected chi connectivity index (χ4v) is 4.27. The maximum Gasteiger partial charge on any atom is 0.274 e. The zero-order valence-corrected chi connectivity index (χ0v) is 18.6. The van der Waals surface area contributed by atoms with E-state index >= 15 is 0 Å². The van der Waals surface area contributed by atoms with E-state index in [1.54, 1.807) is 13.8 Å². The predicted octanol–water partition coefficient (Wildman–Crippen LogP) is 1.41. The second-order valence-corrected chi connectivity index (χ2v) is 9.29. The Morgan fingerprint density at radius 2 is 2.00 bits per heavy atom. The molecule has 0 aliphatic heterocycles. The number of aromatic nitrogens is 1. The topological polar surface area (TPSA) is 182 Å². The Hall–Kier alpha value is -3.36. The fraction of sp³-hybridized carbons (Fsp3) is 0.333. The number of amides is 1. The monoisotopic (exact) mass is 477 g/mol. The third-order valence-corrected chi connectivity index (χ3v) is 5.81. The minimum atomic E-state index is -1.37. The van der Waals surface area contributed by atoms with Gasteiger partial charge in [0.05, 0.1) is 15.1 Å². The molecule has 12 nitrogen and oxygen atoms in total. The smallest absolute Gasteiger partial charge is 0.274 e. The number of fused-ring (bicyclic) bond motifs is 1. The van der Waals surface area contributed by atoms with Crippen molar-refractivity contribution in [1.82, 2.24) is 15.8 Å². The van der Waals surface area contributed by atoms with Crippen LogP contribution in [0.3, 0.4) is 0 Å². The number of nitrogens with zero attached hydrogens (tertiary/aromatic N) is 3. The van der Waals surface area contributed by atoms with Crippen LogP contribution in [0.25, 0.3) is 10.2 Å². The second kappa shape index (κ2) is 9.02. The normalized spacial score (nSPS) is 16.7. The molecule has 1 saturated carbocycles. The zero-order valence-electron chi connectivity index (χ0n) is 17.0. The van der Waals surface area contributed by atoms with Gasteiger partial charge in [0, 0.05) is 25.0 Å². The lowest BCUT2D eigenvalue weighted by Gasteiger charge is -2.32. The molecule has 5 N–H and O–H groups in total. The lowest BCUT2D eigenvalue weighted by molar-refractivity contribution is -0.384. The van der Waals surface area contributed by atoms with Gasteiger partial charge in [-0.15, -0.1) is 0 Å². The Morgan fingerprint density at radius 3 is 2.59 bits per heavy atom. The maximum atomic E-state index is 13.0. The molecule has 1 aromatic heterocycles. The molecule has 3 rings (SSSR count). The number of carbonyl (C=O) groups excluding carboxylic acids is 3. The number of thiazole rings is 1. The Kier molecular flexibility index (Phi) is 6.57. The van der Waals surface area contributed by atoms with E-state index in [2.05, 4.69) is 26.3 Å². The summed E-state index contributed by atoms with van der Waals surface area (Å²) in [6.07, 6.45) is 0.195. The van der Waals surface area contributed by atoms with E-state index in [0.29, 0.717) is 10.2 Å². The van der Waals surface area contributed by atoms with Gasteiger partial charge in [0.2, 0.25) is 5.11 Å². The number of nitrogens with two attached hydrogens (primary N) is 1. The number of hydrogen-bond donors (Lipinski definition) is 4. The summed E-state index contributed by atoms with van der Waals surface area (Å²) in [4.78, 5) is 53.1. The minimum Gasteiger partial charge on any atom is -0.300 e. The molecule has 0 unspecified atom stereocenters. The molecule has 32 heavy (non-hydrogen) atoms. The van der Waals surface area contributed by atoms with Crippen molar-refractivity contribution in [3.63, 3.8) is 0 Å². The second-order valence-electron chi connectivity index (χ2n) is 7.85. The van der Waals surface area contributed by atoms with E-state index in [9.17, 15) is 24.5 Å². The standard InChI is InChI=1S/C18H19N7O5S2/c1-18(2)6-10(26)13(11(27)7-18)14(23-24-16(31)22-19)15(28)21-17-20-9-4-3-8(25(29)30)5-12(9)32-17/h3-5,13H,6-7,19H2,1-2H3,(H,20,21,28)(H2,22,24,31). The number of nitro benzene ring substituents is 1. The lowest BCUT2D eigenvalue weighted by Crippen LogP contribution is -2.47. The van der Waals surface area contributed by atoms with Crippen LogP contribution in [0, 0.1) is 21.4 Å². The van der Waals surface area contributed by atoms with Crippen molar-refractivity contribution in [3.05, 3.63) is 28.3 Å². The molecule has 1 heterocycles. The predicted molar refractivity (Wildman–Crippen MR) is 122 cm³/mol. The molecule has 168 valence electrons. The third kappa shape index (κ3) is 5.09. The Bertz CT molecular complexity index is 1150. The first-order chi connectivity index (χ1) is 15.0. The summed E-state index contributed by atoms with van der Waals surface area (Å²) in [6, 6.07) is 4.09. The van der Waals surface area contributed by atoms with Crippen LogP contribution in [-0.2, 0) is 14.4 Å². The number of rotatable bonds is 5. The Balaban J connectivity index is 1.91. The van der Waals surface area contributed by atoms with Crippen molar-refractivity contribution >= 4 is 72.9 Å². The molecular formula is C18H19N7O5S2. The van der Waals surface area contributed by atoms with Crippen LogP contribution in [0.4, 0.5) is 10.8 Å². The van der Waals surface area contributed by atoms with Crippen LogP contribution in [0.1, 0.15) is 26.7 Å². The van der Waals surface area contributed by atoms with Gasteiger partial charge in [-0.3, -0.25) is 40.7 Å². The summed E-state index contributed by atoms with van der Waals surface area (Å²) < 4.78 is 0.478. The lowest BCUT2D eigenvalue weighted by atomic mass is 9.70. The summed E-state index contributed by atoms with van der Waals surface area (Å²) in [5, 5.41) is 17.3. The van der Waals surface area contributed by atoms with Crippen LogP contribution >= 0.6 is 23.6 Å². The molecule has 0 bridgehead atoms. The van der Waals surface area contributed by atoms with E-state index in [0.717, 1.165) is 11.3 Å². The molecule has 0 atom stereocenters. The third-order valence-electron chi connectivity index (χ3n) is 4.67. The van der Waals surface area contributed by atoms with Gasteiger partial charge < -0.3 is 0 Å². The molecule has 14 heteroatoms. The maximum absolute atomic E-state index is 13.0. The molecule has 2 aromatic rings. The number of hydrogen-bond acceptors (Lipinski definition) is 10. The van der Waals surface area contributed by atoms with Crippen molar-refractivity contribution in [2.45, 2.75) is 26.7 Å². The zero-order chi connectivity index (χ0) is 23.6. The van der Waals surface area contributed by atoms with Crippen LogP contribution in [-0.4, -0.2) is 38.2 Å². The Labute approximate surface area is 190 Å². The summed E-state index contributed by atoms with van der Waals surface area (Å²) in [5.74, 6) is 2.11. The number of hydrazone groups is 1. The average Bonchev–Trinajstić information content (AvgIpc) is 3.09. The summed E-state index contributed by atoms with van der Waals surface area (Å²) >= 11 is 5.84. The highest BCUT2D eigenvalue weighted by Gasteiger charge is 2.44. The number of carbonyl (C=O) groups is 3. The largest absolute Gasteiger partial charge is 0.300 e. The number of ketones is 2. The van der Waals surface area contributed by atoms with Crippen molar-refractivity contribution < 1.29 is 19.3 Å². The van der Waals surface area contributed by atoms with E-state index < -0.39 is 33.7 Å². The number of hydrazine groups is 1. The van der Waals surface area contributed by atoms with Gasteiger partial charge in [-0.2, -0.15) is 5.10 Å². The molecule has 1 fully saturated rings. The molecule has 0 saturated heterocycles. The van der Waals surface area contributed by atoms with Gasteiger partial charge in [0.1, 0.15) is 23.2 Å². The van der Waals surface area contributed by atoms with Crippen molar-refractivity contribution in [1.29, 1.82) is 0 Å². The number of anilines is 1. The molecule has 1 aromatic carbocycles. The molecule has 0 radical (unpaired) electrons. The van der Waals surface area contributed by atoms with E-state index in [1.807, 2.05) is 0 Å². The number of thiocarbonyl (C=S) groups is 1. The first-order valence-corrected chi connectivity index (χ1v) is 10.5. The molecule has 0 spiro atoms. The van der Waals surface area contributed by atoms with E-state index in [-0.39, 0.29) is 34.5 Å². The number of Topliss-reactive ketones (excluding diaryl/α,β-unsaturated/α-hetero) is 2. The van der Waals surface area contributed by atoms with Crippen LogP contribution in [0.5, 0.6) is 0 Å². The fourth-order valence-electron chi connectivity index (χ4n) is 3.33. The number of benzene rings is 1. The minimum absolute atomic E-state index is 0.0973. The Morgan fingerprint density at radius 1 is 1.34 bits per heavy atom. The van der Waals surface area contributed by atoms with Crippen LogP contribution in [0.2, 0.25) is 0 Å². The van der Waals surface area contributed by atoms with Crippen molar-refractivity contribution in [2.75, 3.05) is 5.32 Å². The number of non-ortho nitro benzene ring substituents is 1. The van der Waals surface area contributed by atoms with Gasteiger partial charge in [-0.25, -0.2) is 10.8 Å². The highest BCUT2D eigenvalue weighted by atomic mass is 32.1. The SMILES string of the molecule is CC1(C)CC(=O)C(C(=NNC(=S)NN)C(=O)Nc2nc3ccc([N+](=O)[O-])cc3s2)C(=O)C1. The van der Waals surface area contributed by atoms with E-state index in [1.165, 1.54) is 18.2 Å². The molecule has 1 aliphatic carbocycles. The molecule has 1 amide bonds. The van der Waals surface area contributed by atoms with Gasteiger partial charge in [-0.05, 0) is 23.7 Å². The number of nitro groups is 1. The first-order valence-electron chi connectivity index (χ1n) is 9.26. The van der Waals surface area contributed by atoms with Gasteiger partial charge in [-0.1, -0.05) is 25.2 Å². The molecular weight excluding hydrogens is 458 g/mol. The summed E-state index contributed by atoms with van der Waals surface area (Å²) in [7, 11) is 0. The van der Waals surface area contributed by atoms with Gasteiger partial charge in [0.25, 0.3) is 11.6 Å². The summed E-state index contributed by atoms with van der Waals surface area (Å²) in [6.45, 7) is 3.59. The van der Waals surface area contributed by atoms with Gasteiger partial charge in [0.15, 0.2) is 5.13 Å².